The summed E-state index contributed by atoms with van der Waals surface area (Å²) in [6.07, 6.45) is 0.808. The molecule has 0 aliphatic heterocycles. The molecule has 0 aliphatic carbocycles. The molecule has 2 rings (SSSR count). The van der Waals surface area contributed by atoms with E-state index in [1.54, 1.807) is 18.2 Å². The number of hydrogen-bond acceptors (Lipinski definition) is 7. The molecule has 1 heterocycles. The Hall–Kier alpha value is -2.48. The van der Waals surface area contributed by atoms with Gasteiger partial charge in [-0.25, -0.2) is 10.2 Å². The first kappa shape index (κ1) is 14.9. The van der Waals surface area contributed by atoms with E-state index in [0.717, 1.165) is 6.42 Å². The van der Waals surface area contributed by atoms with Gasteiger partial charge in [-0.05, 0) is 12.5 Å². The van der Waals surface area contributed by atoms with Crippen molar-refractivity contribution in [3.63, 3.8) is 0 Å². The molecule has 7 nitrogen and oxygen atoms in total. The molecule has 8 heteroatoms. The third-order valence-corrected chi connectivity index (χ3v) is 2.47. The van der Waals surface area contributed by atoms with Gasteiger partial charge in [0, 0.05) is 5.56 Å². The van der Waals surface area contributed by atoms with Crippen LogP contribution in [-0.2, 0) is 6.61 Å². The zero-order valence-electron chi connectivity index (χ0n) is 11.5. The molecular formula is C13H16FN5O2. The number of nitrogen functional groups attached to an aromatic ring is 1. The third-order valence-electron chi connectivity index (χ3n) is 2.47. The van der Waals surface area contributed by atoms with Crippen LogP contribution in [0.1, 0.15) is 18.9 Å². The van der Waals surface area contributed by atoms with Crippen molar-refractivity contribution in [2.45, 2.75) is 20.0 Å². The molecule has 0 fully saturated rings. The van der Waals surface area contributed by atoms with E-state index < -0.39 is 0 Å². The minimum absolute atomic E-state index is 0.00604. The molecule has 21 heavy (non-hydrogen) atoms. The predicted octanol–water partition coefficient (Wildman–Crippen LogP) is 1.66. The molecule has 1 aromatic carbocycles. The van der Waals surface area contributed by atoms with E-state index in [0.29, 0.717) is 12.2 Å². The van der Waals surface area contributed by atoms with Gasteiger partial charge < -0.3 is 9.47 Å². The van der Waals surface area contributed by atoms with Crippen LogP contribution in [0.5, 0.6) is 12.0 Å². The average molecular weight is 293 g/mol. The largest absolute Gasteiger partial charge is 0.463 e. The molecule has 112 valence electrons. The number of rotatable bonds is 7. The molecule has 3 N–H and O–H groups in total. The fourth-order valence-corrected chi connectivity index (χ4v) is 1.48. The summed E-state index contributed by atoms with van der Waals surface area (Å²) in [5.74, 6) is 5.03. The summed E-state index contributed by atoms with van der Waals surface area (Å²) < 4.78 is 24.2. The maximum Gasteiger partial charge on any atom is 0.324 e. The van der Waals surface area contributed by atoms with Crippen LogP contribution in [-0.4, -0.2) is 21.6 Å². The monoisotopic (exact) mass is 293 g/mol. The smallest absolute Gasteiger partial charge is 0.324 e. The minimum atomic E-state index is -0.355. The lowest BCUT2D eigenvalue weighted by Crippen LogP contribution is -2.13. The molecule has 0 saturated heterocycles. The van der Waals surface area contributed by atoms with Gasteiger partial charge in [-0.1, -0.05) is 25.1 Å². The maximum atomic E-state index is 13.5. The van der Waals surface area contributed by atoms with Gasteiger partial charge in [0.2, 0.25) is 5.95 Å². The fourth-order valence-electron chi connectivity index (χ4n) is 1.48. The quantitative estimate of drug-likeness (QED) is 0.592. The molecule has 0 unspecified atom stereocenters. The maximum absolute atomic E-state index is 13.5. The Morgan fingerprint density at radius 1 is 1.14 bits per heavy atom. The Labute approximate surface area is 121 Å². The van der Waals surface area contributed by atoms with E-state index in [1.807, 2.05) is 6.92 Å². The summed E-state index contributed by atoms with van der Waals surface area (Å²) >= 11 is 0. The molecule has 0 radical (unpaired) electrons. The lowest BCUT2D eigenvalue weighted by atomic mass is 10.2. The third kappa shape index (κ3) is 4.25. The number of nitrogens with two attached hydrogens (primary N) is 1. The lowest BCUT2D eigenvalue weighted by Gasteiger charge is -2.08. The van der Waals surface area contributed by atoms with E-state index in [9.17, 15) is 4.39 Å². The van der Waals surface area contributed by atoms with E-state index in [-0.39, 0.29) is 30.4 Å². The Morgan fingerprint density at radius 2 is 1.86 bits per heavy atom. The Balaban J connectivity index is 2.09. The number of nitrogens with one attached hydrogen (secondary N) is 1. The van der Waals surface area contributed by atoms with Crippen LogP contribution in [0.4, 0.5) is 10.3 Å². The van der Waals surface area contributed by atoms with Crippen molar-refractivity contribution in [3.8, 4) is 12.0 Å². The molecular weight excluding hydrogens is 277 g/mol. The molecule has 0 saturated carbocycles. The van der Waals surface area contributed by atoms with Gasteiger partial charge in [-0.15, -0.1) is 4.98 Å². The zero-order valence-corrected chi connectivity index (χ0v) is 11.5. The predicted molar refractivity (Wildman–Crippen MR) is 74.2 cm³/mol. The standard InChI is InChI=1S/C13H16FN5O2/c1-2-7-20-12-16-11(19-15)17-13(18-12)21-8-9-5-3-4-6-10(9)14/h3-6H,2,7-8,15H2,1H3,(H,16,17,18,19). The van der Waals surface area contributed by atoms with Gasteiger partial charge in [0.05, 0.1) is 6.61 Å². The van der Waals surface area contributed by atoms with Crippen LogP contribution in [0, 0.1) is 5.82 Å². The van der Waals surface area contributed by atoms with Gasteiger partial charge in [0.15, 0.2) is 0 Å². The summed E-state index contributed by atoms with van der Waals surface area (Å²) in [5, 5.41) is 0. The van der Waals surface area contributed by atoms with Crippen molar-refractivity contribution in [2.75, 3.05) is 12.0 Å². The lowest BCUT2D eigenvalue weighted by molar-refractivity contribution is 0.253. The first-order valence-electron chi connectivity index (χ1n) is 6.44. The first-order valence-corrected chi connectivity index (χ1v) is 6.44. The van der Waals surface area contributed by atoms with Gasteiger partial charge in [-0.3, -0.25) is 5.43 Å². The fraction of sp³-hybridized carbons (Fsp3) is 0.308. The van der Waals surface area contributed by atoms with Crippen LogP contribution in [0.3, 0.4) is 0 Å². The van der Waals surface area contributed by atoms with Crippen LogP contribution in [0.25, 0.3) is 0 Å². The average Bonchev–Trinajstić information content (AvgIpc) is 2.52. The number of hydrazine groups is 1. The van der Waals surface area contributed by atoms with E-state index in [4.69, 9.17) is 15.3 Å². The number of halogens is 1. The molecule has 0 amide bonds. The second-order valence-electron chi connectivity index (χ2n) is 4.10. The van der Waals surface area contributed by atoms with Crippen LogP contribution < -0.4 is 20.7 Å². The van der Waals surface area contributed by atoms with Crippen molar-refractivity contribution < 1.29 is 13.9 Å². The van der Waals surface area contributed by atoms with Gasteiger partial charge in [0.25, 0.3) is 0 Å². The first-order chi connectivity index (χ1) is 10.2. The SMILES string of the molecule is CCCOc1nc(NN)nc(OCc2ccccc2F)n1. The number of hydrogen-bond donors (Lipinski definition) is 2. The minimum Gasteiger partial charge on any atom is -0.463 e. The van der Waals surface area contributed by atoms with Crippen molar-refractivity contribution in [2.24, 2.45) is 5.84 Å². The Morgan fingerprint density at radius 3 is 2.52 bits per heavy atom. The molecule has 0 atom stereocenters. The zero-order chi connectivity index (χ0) is 15.1. The van der Waals surface area contributed by atoms with Crippen LogP contribution in [0.2, 0.25) is 0 Å². The van der Waals surface area contributed by atoms with Crippen molar-refractivity contribution >= 4 is 5.95 Å². The second-order valence-corrected chi connectivity index (χ2v) is 4.10. The summed E-state index contributed by atoms with van der Waals surface area (Å²) in [4.78, 5) is 11.8. The summed E-state index contributed by atoms with van der Waals surface area (Å²) in [6.45, 7) is 2.41. The van der Waals surface area contributed by atoms with E-state index >= 15 is 0 Å². The summed E-state index contributed by atoms with van der Waals surface area (Å²) in [7, 11) is 0. The summed E-state index contributed by atoms with van der Waals surface area (Å²) in [6, 6.07) is 6.41. The molecule has 0 spiro atoms. The Bertz CT molecular complexity index is 597. The normalized spacial score (nSPS) is 10.2. The molecule has 2 aromatic rings. The Kier molecular flexibility index (Phi) is 5.22. The number of nitrogens with zero attached hydrogens (tertiary/aromatic N) is 3. The van der Waals surface area contributed by atoms with E-state index in [2.05, 4.69) is 20.4 Å². The highest BCUT2D eigenvalue weighted by molar-refractivity contribution is 5.25. The topological polar surface area (TPSA) is 95.2 Å². The van der Waals surface area contributed by atoms with Gasteiger partial charge in [-0.2, -0.15) is 9.97 Å². The van der Waals surface area contributed by atoms with Gasteiger partial charge in [0.1, 0.15) is 12.4 Å². The van der Waals surface area contributed by atoms with Crippen molar-refractivity contribution in [1.29, 1.82) is 0 Å². The van der Waals surface area contributed by atoms with Crippen molar-refractivity contribution in [1.82, 2.24) is 15.0 Å². The highest BCUT2D eigenvalue weighted by Crippen LogP contribution is 2.15. The highest BCUT2D eigenvalue weighted by Gasteiger charge is 2.09. The number of aromatic nitrogens is 3. The van der Waals surface area contributed by atoms with Gasteiger partial charge >= 0.3 is 12.0 Å². The molecule has 1 aromatic heterocycles. The molecule has 0 bridgehead atoms. The van der Waals surface area contributed by atoms with Crippen LogP contribution >= 0.6 is 0 Å². The van der Waals surface area contributed by atoms with Crippen LogP contribution in [0.15, 0.2) is 24.3 Å². The second kappa shape index (κ2) is 7.34. The summed E-state index contributed by atoms with van der Waals surface area (Å²) in [5.41, 5.74) is 2.70. The van der Waals surface area contributed by atoms with Crippen molar-refractivity contribution in [3.05, 3.63) is 35.6 Å². The highest BCUT2D eigenvalue weighted by atomic mass is 19.1. The molecule has 0 aliphatic rings. The van der Waals surface area contributed by atoms with E-state index in [1.165, 1.54) is 6.07 Å². The number of anilines is 1. The number of benzene rings is 1. The number of ether oxygens (including phenoxy) is 2.